The molecule has 1 aliphatic heterocycles. The largest absolute Gasteiger partial charge is 0.379 e. The van der Waals surface area contributed by atoms with E-state index in [1.807, 2.05) is 6.92 Å². The van der Waals surface area contributed by atoms with Gasteiger partial charge in [0.2, 0.25) is 0 Å². The summed E-state index contributed by atoms with van der Waals surface area (Å²) in [6.45, 7) is 8.73. The second-order valence-corrected chi connectivity index (χ2v) is 4.94. The minimum Gasteiger partial charge on any atom is -0.379 e. The van der Waals surface area contributed by atoms with Crippen molar-refractivity contribution in [2.75, 3.05) is 32.8 Å². The molecule has 2 atom stereocenters. The molecule has 0 aromatic rings. The molecular formula is C13H26N2O2. The molecule has 0 aromatic carbocycles. The Labute approximate surface area is 104 Å². The van der Waals surface area contributed by atoms with Crippen molar-refractivity contribution in [2.45, 2.75) is 39.2 Å². The Balaban J connectivity index is 2.14. The maximum absolute atomic E-state index is 11.8. The van der Waals surface area contributed by atoms with Gasteiger partial charge in [0.1, 0.15) is 5.78 Å². The number of ether oxygens (including phenoxy) is 1. The molecule has 1 heterocycles. The fourth-order valence-electron chi connectivity index (χ4n) is 2.04. The standard InChI is InChI=1S/C13H26N2O2/c1-3-11(2)13(14)12(16)5-4-6-15-7-9-17-10-8-15/h11,13H,3-10,14H2,1-2H3. The molecule has 0 saturated carbocycles. The molecule has 0 radical (unpaired) electrons. The van der Waals surface area contributed by atoms with Gasteiger partial charge >= 0.3 is 0 Å². The first-order chi connectivity index (χ1) is 8.15. The molecule has 0 aliphatic carbocycles. The zero-order chi connectivity index (χ0) is 12.7. The third kappa shape index (κ3) is 5.15. The maximum Gasteiger partial charge on any atom is 0.149 e. The van der Waals surface area contributed by atoms with Crippen molar-refractivity contribution in [1.29, 1.82) is 0 Å². The third-order valence-corrected chi connectivity index (χ3v) is 3.63. The number of hydrogen-bond donors (Lipinski definition) is 1. The summed E-state index contributed by atoms with van der Waals surface area (Å²) in [5, 5.41) is 0. The fraction of sp³-hybridized carbons (Fsp3) is 0.923. The molecule has 1 saturated heterocycles. The number of nitrogens with two attached hydrogens (primary N) is 1. The van der Waals surface area contributed by atoms with Crippen LogP contribution in [-0.2, 0) is 9.53 Å². The lowest BCUT2D eigenvalue weighted by Crippen LogP contribution is -2.39. The molecule has 2 N–H and O–H groups in total. The van der Waals surface area contributed by atoms with Crippen LogP contribution in [0.3, 0.4) is 0 Å². The van der Waals surface area contributed by atoms with Crippen molar-refractivity contribution in [2.24, 2.45) is 11.7 Å². The molecule has 1 fully saturated rings. The summed E-state index contributed by atoms with van der Waals surface area (Å²) >= 11 is 0. The van der Waals surface area contributed by atoms with Gasteiger partial charge in [-0.15, -0.1) is 0 Å². The van der Waals surface area contributed by atoms with Crippen molar-refractivity contribution in [3.63, 3.8) is 0 Å². The normalized spacial score (nSPS) is 21.1. The molecule has 17 heavy (non-hydrogen) atoms. The summed E-state index contributed by atoms with van der Waals surface area (Å²) in [6, 6.07) is -0.273. The lowest BCUT2D eigenvalue weighted by Gasteiger charge is -2.26. The van der Waals surface area contributed by atoms with Gasteiger partial charge in [0.05, 0.1) is 19.3 Å². The van der Waals surface area contributed by atoms with E-state index in [1.165, 1.54) is 0 Å². The van der Waals surface area contributed by atoms with Crippen molar-refractivity contribution in [1.82, 2.24) is 4.90 Å². The Morgan fingerprint density at radius 2 is 2.06 bits per heavy atom. The molecule has 0 aromatic heterocycles. The van der Waals surface area contributed by atoms with Crippen LogP contribution in [0.15, 0.2) is 0 Å². The molecule has 4 nitrogen and oxygen atoms in total. The smallest absolute Gasteiger partial charge is 0.149 e. The molecule has 100 valence electrons. The number of nitrogens with zero attached hydrogens (tertiary/aromatic N) is 1. The SMILES string of the molecule is CCC(C)C(N)C(=O)CCCN1CCOCC1. The van der Waals surface area contributed by atoms with Crippen LogP contribution in [0.5, 0.6) is 0 Å². The molecule has 4 heteroatoms. The van der Waals surface area contributed by atoms with Crippen LogP contribution in [0.1, 0.15) is 33.1 Å². The highest BCUT2D eigenvalue weighted by Gasteiger charge is 2.19. The summed E-state index contributed by atoms with van der Waals surface area (Å²) in [6.07, 6.45) is 2.50. The predicted molar refractivity (Wildman–Crippen MR) is 68.9 cm³/mol. The van der Waals surface area contributed by atoms with Crippen molar-refractivity contribution < 1.29 is 9.53 Å². The highest BCUT2D eigenvalue weighted by atomic mass is 16.5. The maximum atomic E-state index is 11.8. The summed E-state index contributed by atoms with van der Waals surface area (Å²) in [5.41, 5.74) is 5.91. The third-order valence-electron chi connectivity index (χ3n) is 3.63. The average Bonchev–Trinajstić information content (AvgIpc) is 2.38. The minimum atomic E-state index is -0.273. The van der Waals surface area contributed by atoms with Gasteiger partial charge in [-0.05, 0) is 18.9 Å². The second kappa shape index (κ2) is 7.80. The number of rotatable bonds is 7. The highest BCUT2D eigenvalue weighted by Crippen LogP contribution is 2.09. The van der Waals surface area contributed by atoms with E-state index in [2.05, 4.69) is 11.8 Å². The van der Waals surface area contributed by atoms with Crippen LogP contribution < -0.4 is 5.73 Å². The molecule has 0 spiro atoms. The van der Waals surface area contributed by atoms with Gasteiger partial charge in [-0.25, -0.2) is 0 Å². The first kappa shape index (κ1) is 14.6. The van der Waals surface area contributed by atoms with Crippen LogP contribution in [-0.4, -0.2) is 49.6 Å². The van der Waals surface area contributed by atoms with E-state index in [1.54, 1.807) is 0 Å². The van der Waals surface area contributed by atoms with Crippen LogP contribution in [0, 0.1) is 5.92 Å². The number of carbonyl (C=O) groups excluding carboxylic acids is 1. The Morgan fingerprint density at radius 3 is 2.65 bits per heavy atom. The van der Waals surface area contributed by atoms with Crippen molar-refractivity contribution in [3.8, 4) is 0 Å². The van der Waals surface area contributed by atoms with E-state index in [9.17, 15) is 4.79 Å². The zero-order valence-electron chi connectivity index (χ0n) is 11.2. The summed E-state index contributed by atoms with van der Waals surface area (Å²) in [7, 11) is 0. The second-order valence-electron chi connectivity index (χ2n) is 4.94. The number of carbonyl (C=O) groups is 1. The predicted octanol–water partition coefficient (Wildman–Crippen LogP) is 1.04. The van der Waals surface area contributed by atoms with Crippen molar-refractivity contribution >= 4 is 5.78 Å². The van der Waals surface area contributed by atoms with Crippen LogP contribution >= 0.6 is 0 Å². The number of ketones is 1. The van der Waals surface area contributed by atoms with E-state index in [4.69, 9.17) is 10.5 Å². The quantitative estimate of drug-likeness (QED) is 0.725. The first-order valence-corrected chi connectivity index (χ1v) is 6.73. The molecule has 0 amide bonds. The van der Waals surface area contributed by atoms with E-state index < -0.39 is 0 Å². The lowest BCUT2D eigenvalue weighted by atomic mass is 9.94. The van der Waals surface area contributed by atoms with Crippen LogP contribution in [0.2, 0.25) is 0 Å². The zero-order valence-corrected chi connectivity index (χ0v) is 11.2. The Bertz CT molecular complexity index is 227. The molecule has 1 rings (SSSR count). The molecule has 2 unspecified atom stereocenters. The topological polar surface area (TPSA) is 55.6 Å². The summed E-state index contributed by atoms with van der Waals surface area (Å²) in [4.78, 5) is 14.2. The van der Waals surface area contributed by atoms with E-state index >= 15 is 0 Å². The first-order valence-electron chi connectivity index (χ1n) is 6.73. The summed E-state index contributed by atoms with van der Waals surface area (Å²) in [5.74, 6) is 0.512. The number of Topliss-reactive ketones (excluding diaryl/α,β-unsaturated/α-hetero) is 1. The number of morpholine rings is 1. The minimum absolute atomic E-state index is 0.215. The Kier molecular flexibility index (Phi) is 6.70. The highest BCUT2D eigenvalue weighted by molar-refractivity contribution is 5.83. The summed E-state index contributed by atoms with van der Waals surface area (Å²) < 4.78 is 5.28. The van der Waals surface area contributed by atoms with Crippen LogP contribution in [0.25, 0.3) is 0 Å². The van der Waals surface area contributed by atoms with Gasteiger partial charge in [0.25, 0.3) is 0 Å². The van der Waals surface area contributed by atoms with Crippen LogP contribution in [0.4, 0.5) is 0 Å². The van der Waals surface area contributed by atoms with E-state index in [-0.39, 0.29) is 11.8 Å². The molecular weight excluding hydrogens is 216 g/mol. The Hall–Kier alpha value is -0.450. The molecule has 0 bridgehead atoms. The lowest BCUT2D eigenvalue weighted by molar-refractivity contribution is -0.121. The number of hydrogen-bond acceptors (Lipinski definition) is 4. The van der Waals surface area contributed by atoms with Gasteiger partial charge in [-0.3, -0.25) is 9.69 Å². The van der Waals surface area contributed by atoms with E-state index in [0.29, 0.717) is 12.3 Å². The van der Waals surface area contributed by atoms with Gasteiger partial charge in [-0.1, -0.05) is 20.3 Å². The van der Waals surface area contributed by atoms with Gasteiger partial charge in [0, 0.05) is 19.5 Å². The van der Waals surface area contributed by atoms with E-state index in [0.717, 1.165) is 45.7 Å². The fourth-order valence-corrected chi connectivity index (χ4v) is 2.04. The van der Waals surface area contributed by atoms with Crippen molar-refractivity contribution in [3.05, 3.63) is 0 Å². The monoisotopic (exact) mass is 242 g/mol. The van der Waals surface area contributed by atoms with Gasteiger partial charge < -0.3 is 10.5 Å². The van der Waals surface area contributed by atoms with Gasteiger partial charge in [-0.2, -0.15) is 0 Å². The Morgan fingerprint density at radius 1 is 1.41 bits per heavy atom. The van der Waals surface area contributed by atoms with Gasteiger partial charge in [0.15, 0.2) is 0 Å². The average molecular weight is 242 g/mol. The molecule has 1 aliphatic rings.